The van der Waals surface area contributed by atoms with E-state index >= 15 is 0 Å². The van der Waals surface area contributed by atoms with Crippen LogP contribution in [0.3, 0.4) is 0 Å². The monoisotopic (exact) mass is 431 g/mol. The second-order valence-corrected chi connectivity index (χ2v) is 7.85. The molecule has 4 heterocycles. The fourth-order valence-electron chi connectivity index (χ4n) is 3.97. The van der Waals surface area contributed by atoms with Gasteiger partial charge in [0.05, 0.1) is 23.6 Å². The number of fused-ring (bicyclic) bond motifs is 1. The van der Waals surface area contributed by atoms with Gasteiger partial charge in [-0.2, -0.15) is 5.10 Å². The highest BCUT2D eigenvalue weighted by Crippen LogP contribution is 2.22. The quantitative estimate of drug-likeness (QED) is 0.515. The van der Waals surface area contributed by atoms with Crippen molar-refractivity contribution in [3.63, 3.8) is 0 Å². The lowest BCUT2D eigenvalue weighted by molar-refractivity contribution is 0.249. The van der Waals surface area contributed by atoms with Gasteiger partial charge in [-0.1, -0.05) is 0 Å². The van der Waals surface area contributed by atoms with Crippen molar-refractivity contribution in [2.75, 3.05) is 23.3 Å². The third-order valence-corrected chi connectivity index (χ3v) is 5.54. The van der Waals surface area contributed by atoms with E-state index in [2.05, 4.69) is 30.6 Å². The summed E-state index contributed by atoms with van der Waals surface area (Å²) >= 11 is 0. The number of aryl methyl sites for hydroxylation is 1. The molecule has 1 aliphatic heterocycles. The third kappa shape index (κ3) is 4.09. The van der Waals surface area contributed by atoms with Crippen LogP contribution in [0.25, 0.3) is 16.6 Å². The van der Waals surface area contributed by atoms with E-state index in [1.807, 2.05) is 19.1 Å². The zero-order valence-electron chi connectivity index (χ0n) is 17.5. The molecule has 1 atom stereocenters. The number of anilines is 2. The van der Waals surface area contributed by atoms with Crippen molar-refractivity contribution < 1.29 is 9.18 Å². The molecular weight excluding hydrogens is 409 g/mol. The largest absolute Gasteiger partial charge is 0.369 e. The number of pyridine rings is 2. The minimum atomic E-state index is -0.306. The maximum Gasteiger partial charge on any atom is 0.320 e. The number of carbonyl (C=O) groups is 1. The van der Waals surface area contributed by atoms with Crippen LogP contribution in [0.1, 0.15) is 12.1 Å². The van der Waals surface area contributed by atoms with Gasteiger partial charge in [-0.3, -0.25) is 10.3 Å². The highest BCUT2D eigenvalue weighted by atomic mass is 19.1. The summed E-state index contributed by atoms with van der Waals surface area (Å²) in [4.78, 5) is 23.2. The van der Waals surface area contributed by atoms with Crippen LogP contribution in [0.2, 0.25) is 0 Å². The molecular formula is C23H22FN7O. The molecule has 1 aliphatic rings. The van der Waals surface area contributed by atoms with Gasteiger partial charge in [-0.25, -0.2) is 18.9 Å². The highest BCUT2D eigenvalue weighted by Gasteiger charge is 2.24. The van der Waals surface area contributed by atoms with Crippen molar-refractivity contribution in [3.05, 3.63) is 72.6 Å². The van der Waals surface area contributed by atoms with Gasteiger partial charge in [0.15, 0.2) is 0 Å². The molecule has 2 N–H and O–H groups in total. The van der Waals surface area contributed by atoms with E-state index in [9.17, 15) is 9.18 Å². The second kappa shape index (κ2) is 8.26. The molecule has 1 aromatic carbocycles. The van der Waals surface area contributed by atoms with Crippen LogP contribution in [0.4, 0.5) is 20.7 Å². The van der Waals surface area contributed by atoms with Gasteiger partial charge >= 0.3 is 6.03 Å². The van der Waals surface area contributed by atoms with Crippen LogP contribution in [0.15, 0.2) is 61.1 Å². The minimum absolute atomic E-state index is 0.00136. The predicted octanol–water partition coefficient (Wildman–Crippen LogP) is 3.66. The standard InChI is InChI=1S/C23H22FN7O/c1-15-10-20(6-8-25-15)31-21-13-26-22(11-16(21)12-27-31)29-23(32)28-18-7-9-30(14-18)19-4-2-17(24)3-5-19/h2-6,8,10-13,18H,7,9,14H2,1H3,(H2,26,28,29,32)/t18-/m1/s1. The number of amides is 2. The van der Waals surface area contributed by atoms with Gasteiger partial charge in [0.1, 0.15) is 11.6 Å². The normalized spacial score (nSPS) is 15.8. The molecule has 4 aromatic rings. The van der Waals surface area contributed by atoms with Crippen molar-refractivity contribution in [3.8, 4) is 5.69 Å². The summed E-state index contributed by atoms with van der Waals surface area (Å²) in [6.45, 7) is 3.40. The molecule has 32 heavy (non-hydrogen) atoms. The van der Waals surface area contributed by atoms with Crippen LogP contribution in [0, 0.1) is 12.7 Å². The Morgan fingerprint density at radius 3 is 2.75 bits per heavy atom. The van der Waals surface area contributed by atoms with Crippen molar-refractivity contribution in [1.82, 2.24) is 25.1 Å². The van der Waals surface area contributed by atoms with Gasteiger partial charge in [-0.15, -0.1) is 0 Å². The summed E-state index contributed by atoms with van der Waals surface area (Å²) in [6.07, 6.45) is 5.99. The average Bonchev–Trinajstić information content (AvgIpc) is 3.41. The van der Waals surface area contributed by atoms with Crippen LogP contribution in [-0.2, 0) is 0 Å². The van der Waals surface area contributed by atoms with Crippen molar-refractivity contribution in [2.45, 2.75) is 19.4 Å². The summed E-state index contributed by atoms with van der Waals surface area (Å²) in [5.41, 5.74) is 3.59. The number of benzene rings is 1. The van der Waals surface area contributed by atoms with E-state index in [1.54, 1.807) is 41.5 Å². The fourth-order valence-corrected chi connectivity index (χ4v) is 3.97. The first-order valence-electron chi connectivity index (χ1n) is 10.4. The van der Waals surface area contributed by atoms with Crippen LogP contribution in [0.5, 0.6) is 0 Å². The lowest BCUT2D eigenvalue weighted by Gasteiger charge is -2.19. The summed E-state index contributed by atoms with van der Waals surface area (Å²) in [6, 6.07) is 11.7. The Morgan fingerprint density at radius 1 is 1.09 bits per heavy atom. The SMILES string of the molecule is Cc1cc(-n2ncc3cc(NC(=O)N[C@@H]4CCN(c5ccc(F)cc5)C4)ncc32)ccn1. The molecule has 5 rings (SSSR count). The molecule has 0 bridgehead atoms. The number of nitrogens with zero attached hydrogens (tertiary/aromatic N) is 5. The molecule has 162 valence electrons. The molecule has 0 unspecified atom stereocenters. The van der Waals surface area contributed by atoms with Crippen molar-refractivity contribution in [2.24, 2.45) is 0 Å². The van der Waals surface area contributed by atoms with E-state index in [4.69, 9.17) is 0 Å². The molecule has 0 saturated carbocycles. The number of nitrogens with one attached hydrogen (secondary N) is 2. The Balaban J connectivity index is 1.23. The number of carbonyl (C=O) groups excluding carboxylic acids is 1. The molecule has 9 heteroatoms. The number of urea groups is 1. The zero-order chi connectivity index (χ0) is 22.1. The number of aromatic nitrogens is 4. The topological polar surface area (TPSA) is 88.0 Å². The van der Waals surface area contributed by atoms with E-state index < -0.39 is 0 Å². The zero-order valence-corrected chi connectivity index (χ0v) is 17.5. The van der Waals surface area contributed by atoms with Crippen LogP contribution < -0.4 is 15.5 Å². The maximum atomic E-state index is 13.1. The summed E-state index contributed by atoms with van der Waals surface area (Å²) < 4.78 is 14.9. The van der Waals surface area contributed by atoms with Gasteiger partial charge in [0.25, 0.3) is 0 Å². The second-order valence-electron chi connectivity index (χ2n) is 7.85. The van der Waals surface area contributed by atoms with Crippen molar-refractivity contribution in [1.29, 1.82) is 0 Å². The Morgan fingerprint density at radius 2 is 1.94 bits per heavy atom. The van der Waals surface area contributed by atoms with E-state index in [0.29, 0.717) is 12.4 Å². The lowest BCUT2D eigenvalue weighted by atomic mass is 10.2. The number of hydrogen-bond donors (Lipinski definition) is 2. The average molecular weight is 431 g/mol. The molecule has 1 fully saturated rings. The minimum Gasteiger partial charge on any atom is -0.369 e. The lowest BCUT2D eigenvalue weighted by Crippen LogP contribution is -2.39. The number of hydrogen-bond acceptors (Lipinski definition) is 5. The molecule has 0 aliphatic carbocycles. The number of halogens is 1. The first-order chi connectivity index (χ1) is 15.5. The van der Waals surface area contributed by atoms with E-state index in [-0.39, 0.29) is 17.9 Å². The summed E-state index contributed by atoms with van der Waals surface area (Å²) in [5, 5.41) is 11.1. The van der Waals surface area contributed by atoms with Crippen molar-refractivity contribution >= 4 is 28.4 Å². The molecule has 2 amide bonds. The van der Waals surface area contributed by atoms with E-state index in [1.165, 1.54) is 12.1 Å². The van der Waals surface area contributed by atoms with Gasteiger partial charge in [0, 0.05) is 42.1 Å². The Labute approximate surface area is 184 Å². The summed E-state index contributed by atoms with van der Waals surface area (Å²) in [5.74, 6) is 0.196. The Bertz CT molecular complexity index is 1270. The fraction of sp³-hybridized carbons (Fsp3) is 0.217. The van der Waals surface area contributed by atoms with Gasteiger partial charge < -0.3 is 10.2 Å². The van der Waals surface area contributed by atoms with Gasteiger partial charge in [-0.05, 0) is 55.8 Å². The van der Waals surface area contributed by atoms with E-state index in [0.717, 1.165) is 40.9 Å². The molecule has 1 saturated heterocycles. The summed E-state index contributed by atoms with van der Waals surface area (Å²) in [7, 11) is 0. The molecule has 3 aromatic heterocycles. The van der Waals surface area contributed by atoms with Gasteiger partial charge in [0.2, 0.25) is 0 Å². The smallest absolute Gasteiger partial charge is 0.320 e. The highest BCUT2D eigenvalue weighted by molar-refractivity contribution is 5.91. The molecule has 8 nitrogen and oxygen atoms in total. The first kappa shape index (κ1) is 19.9. The Hall–Kier alpha value is -4.01. The molecule has 0 radical (unpaired) electrons. The van der Waals surface area contributed by atoms with Crippen LogP contribution in [-0.4, -0.2) is 44.9 Å². The predicted molar refractivity (Wildman–Crippen MR) is 121 cm³/mol. The first-order valence-corrected chi connectivity index (χ1v) is 10.4. The third-order valence-electron chi connectivity index (χ3n) is 5.54. The Kier molecular flexibility index (Phi) is 5.14. The molecule has 0 spiro atoms. The van der Waals surface area contributed by atoms with Crippen LogP contribution >= 0.6 is 0 Å². The maximum absolute atomic E-state index is 13.1. The number of rotatable bonds is 4.